The van der Waals surface area contributed by atoms with E-state index in [0.717, 1.165) is 18.4 Å². The second-order valence-electron chi connectivity index (χ2n) is 3.62. The zero-order valence-electron chi connectivity index (χ0n) is 9.21. The summed E-state index contributed by atoms with van der Waals surface area (Å²) in [5.74, 6) is 0. The summed E-state index contributed by atoms with van der Waals surface area (Å²) in [5.41, 5.74) is 3.73. The van der Waals surface area contributed by atoms with Gasteiger partial charge in [0.2, 0.25) is 0 Å². The van der Waals surface area contributed by atoms with E-state index in [9.17, 15) is 0 Å². The van der Waals surface area contributed by atoms with Crippen molar-refractivity contribution in [1.29, 1.82) is 0 Å². The van der Waals surface area contributed by atoms with Gasteiger partial charge in [-0.1, -0.05) is 56.2 Å². The second-order valence-corrected chi connectivity index (χ2v) is 3.62. The molecule has 0 radical (unpaired) electrons. The summed E-state index contributed by atoms with van der Waals surface area (Å²) >= 11 is 0. The van der Waals surface area contributed by atoms with Gasteiger partial charge in [-0.3, -0.25) is 0 Å². The SMILES string of the molecule is C=C/C=C\C1=CC(=C)/C(=C\C=C)CCC1. The Morgan fingerprint density at radius 1 is 1.13 bits per heavy atom. The van der Waals surface area contributed by atoms with Crippen LogP contribution in [0, 0.1) is 0 Å². The molecule has 0 aromatic heterocycles. The highest BCUT2D eigenvalue weighted by Crippen LogP contribution is 2.25. The maximum absolute atomic E-state index is 4.08. The van der Waals surface area contributed by atoms with Crippen LogP contribution in [0.25, 0.3) is 0 Å². The highest BCUT2D eigenvalue weighted by Gasteiger charge is 2.06. The average Bonchev–Trinajstić information content (AvgIpc) is 2.39. The van der Waals surface area contributed by atoms with Crippen LogP contribution in [-0.4, -0.2) is 0 Å². The molecule has 1 aliphatic carbocycles. The van der Waals surface area contributed by atoms with Gasteiger partial charge in [0.25, 0.3) is 0 Å². The van der Waals surface area contributed by atoms with Crippen LogP contribution in [0.4, 0.5) is 0 Å². The molecule has 0 spiro atoms. The molecule has 78 valence electrons. The molecule has 15 heavy (non-hydrogen) atoms. The van der Waals surface area contributed by atoms with Gasteiger partial charge in [-0.15, -0.1) is 0 Å². The van der Waals surface area contributed by atoms with E-state index in [1.165, 1.54) is 17.6 Å². The van der Waals surface area contributed by atoms with Crippen molar-refractivity contribution in [1.82, 2.24) is 0 Å². The Balaban J connectivity index is 2.87. The maximum atomic E-state index is 4.08. The highest BCUT2D eigenvalue weighted by atomic mass is 14.1. The van der Waals surface area contributed by atoms with Crippen molar-refractivity contribution in [2.75, 3.05) is 0 Å². The second kappa shape index (κ2) is 6.02. The summed E-state index contributed by atoms with van der Waals surface area (Å²) in [4.78, 5) is 0. The molecule has 0 aliphatic heterocycles. The first-order valence-electron chi connectivity index (χ1n) is 5.28. The Morgan fingerprint density at radius 2 is 1.93 bits per heavy atom. The van der Waals surface area contributed by atoms with E-state index in [1.807, 2.05) is 12.2 Å². The average molecular weight is 198 g/mol. The van der Waals surface area contributed by atoms with Crippen LogP contribution < -0.4 is 0 Å². The smallest absolute Gasteiger partial charge is 0.0270 e. The molecule has 1 aliphatic rings. The van der Waals surface area contributed by atoms with Gasteiger partial charge < -0.3 is 0 Å². The van der Waals surface area contributed by atoms with Gasteiger partial charge in [-0.2, -0.15) is 0 Å². The fraction of sp³-hybridized carbons (Fsp3) is 0.200. The molecule has 0 nitrogen and oxygen atoms in total. The molecule has 1 rings (SSSR count). The zero-order valence-corrected chi connectivity index (χ0v) is 9.21. The number of allylic oxidation sites excluding steroid dienone is 9. The lowest BCUT2D eigenvalue weighted by molar-refractivity contribution is 0.837. The minimum Gasteiger partial charge on any atom is -0.0991 e. The van der Waals surface area contributed by atoms with E-state index >= 15 is 0 Å². The summed E-state index contributed by atoms with van der Waals surface area (Å²) in [6.45, 7) is 11.5. The molecule has 0 saturated heterocycles. The van der Waals surface area contributed by atoms with Gasteiger partial charge >= 0.3 is 0 Å². The normalized spacial score (nSPS) is 20.1. The van der Waals surface area contributed by atoms with Gasteiger partial charge in [0.05, 0.1) is 0 Å². The molecule has 0 heterocycles. The van der Waals surface area contributed by atoms with Crippen molar-refractivity contribution in [2.45, 2.75) is 19.3 Å². The Kier molecular flexibility index (Phi) is 4.62. The molecule has 0 saturated carbocycles. The van der Waals surface area contributed by atoms with Gasteiger partial charge in [0, 0.05) is 0 Å². The van der Waals surface area contributed by atoms with Crippen LogP contribution in [0.2, 0.25) is 0 Å². The number of hydrogen-bond donors (Lipinski definition) is 0. The molecule has 0 N–H and O–H groups in total. The minimum absolute atomic E-state index is 1.09. The van der Waals surface area contributed by atoms with E-state index in [0.29, 0.717) is 0 Å². The van der Waals surface area contributed by atoms with Gasteiger partial charge in [0.15, 0.2) is 0 Å². The summed E-state index contributed by atoms with van der Waals surface area (Å²) < 4.78 is 0. The fourth-order valence-corrected chi connectivity index (χ4v) is 1.69. The minimum atomic E-state index is 1.09. The fourth-order valence-electron chi connectivity index (χ4n) is 1.69. The van der Waals surface area contributed by atoms with Gasteiger partial charge in [-0.25, -0.2) is 0 Å². The Hall–Kier alpha value is -1.56. The largest absolute Gasteiger partial charge is 0.0991 e. The summed E-state index contributed by atoms with van der Waals surface area (Å²) in [5, 5.41) is 0. The van der Waals surface area contributed by atoms with Crippen molar-refractivity contribution in [2.24, 2.45) is 0 Å². The molecule has 0 aromatic rings. The Labute approximate surface area is 92.7 Å². The molecular weight excluding hydrogens is 180 g/mol. The van der Waals surface area contributed by atoms with E-state index in [2.05, 4.69) is 38.0 Å². The summed E-state index contributed by atoms with van der Waals surface area (Å²) in [6.07, 6.45) is 15.3. The lowest BCUT2D eigenvalue weighted by Crippen LogP contribution is -1.82. The lowest BCUT2D eigenvalue weighted by Gasteiger charge is -2.01. The summed E-state index contributed by atoms with van der Waals surface area (Å²) in [7, 11) is 0. The van der Waals surface area contributed by atoms with Crippen molar-refractivity contribution < 1.29 is 0 Å². The molecule has 0 fully saturated rings. The first kappa shape index (κ1) is 11.5. The Morgan fingerprint density at radius 3 is 2.60 bits per heavy atom. The van der Waals surface area contributed by atoms with Crippen LogP contribution in [0.1, 0.15) is 19.3 Å². The van der Waals surface area contributed by atoms with E-state index < -0.39 is 0 Å². The molecule has 0 heteroatoms. The third-order valence-corrected chi connectivity index (χ3v) is 2.45. The third kappa shape index (κ3) is 3.59. The van der Waals surface area contributed by atoms with Crippen molar-refractivity contribution in [3.63, 3.8) is 0 Å². The number of rotatable bonds is 3. The quantitative estimate of drug-likeness (QED) is 0.585. The predicted molar refractivity (Wildman–Crippen MR) is 68.7 cm³/mol. The molecule has 0 aromatic carbocycles. The van der Waals surface area contributed by atoms with E-state index in [4.69, 9.17) is 0 Å². The molecule has 0 atom stereocenters. The van der Waals surface area contributed by atoms with Crippen LogP contribution >= 0.6 is 0 Å². The van der Waals surface area contributed by atoms with Crippen molar-refractivity contribution in [3.8, 4) is 0 Å². The predicted octanol–water partition coefficient (Wildman–Crippen LogP) is 4.51. The molecule has 0 unspecified atom stereocenters. The first-order chi connectivity index (χ1) is 7.27. The van der Waals surface area contributed by atoms with Crippen LogP contribution in [0.3, 0.4) is 0 Å². The van der Waals surface area contributed by atoms with Gasteiger partial charge in [0.1, 0.15) is 0 Å². The highest BCUT2D eigenvalue weighted by molar-refractivity contribution is 5.44. The monoisotopic (exact) mass is 198 g/mol. The maximum Gasteiger partial charge on any atom is -0.0270 e. The number of hydrogen-bond acceptors (Lipinski definition) is 0. The van der Waals surface area contributed by atoms with E-state index in [1.54, 1.807) is 6.08 Å². The van der Waals surface area contributed by atoms with Crippen LogP contribution in [-0.2, 0) is 0 Å². The first-order valence-corrected chi connectivity index (χ1v) is 5.28. The van der Waals surface area contributed by atoms with Crippen molar-refractivity contribution >= 4 is 0 Å². The molecular formula is C15H18. The van der Waals surface area contributed by atoms with Gasteiger partial charge in [-0.05, 0) is 36.0 Å². The third-order valence-electron chi connectivity index (χ3n) is 2.45. The Bertz CT molecular complexity index is 348. The van der Waals surface area contributed by atoms with Crippen LogP contribution in [0.15, 0.2) is 72.9 Å². The molecule has 0 amide bonds. The van der Waals surface area contributed by atoms with Crippen LogP contribution in [0.5, 0.6) is 0 Å². The zero-order chi connectivity index (χ0) is 11.1. The molecule has 0 bridgehead atoms. The standard InChI is InChI=1S/C15H18/c1-4-6-9-14-10-7-11-15(8-5-2)13(3)12-14/h4-6,8-9,12H,1-3,7,10-11H2/b9-6-,15-8-. The van der Waals surface area contributed by atoms with E-state index in [-0.39, 0.29) is 0 Å². The van der Waals surface area contributed by atoms with Crippen molar-refractivity contribution in [3.05, 3.63) is 72.9 Å². The topological polar surface area (TPSA) is 0 Å². The summed E-state index contributed by atoms with van der Waals surface area (Å²) in [6, 6.07) is 0. The lowest BCUT2D eigenvalue weighted by atomic mass is 10.0.